The van der Waals surface area contributed by atoms with E-state index in [1.165, 1.54) is 0 Å². The molecule has 0 bridgehead atoms. The SMILES string of the molecule is OCCCSCc1nc(-c2ccsc2)no1. The normalized spacial score (nSPS) is 10.8. The van der Waals surface area contributed by atoms with Crippen LogP contribution >= 0.6 is 23.1 Å². The lowest BCUT2D eigenvalue weighted by molar-refractivity contribution is 0.296. The van der Waals surface area contributed by atoms with Crippen LogP contribution in [0.3, 0.4) is 0 Å². The number of aliphatic hydroxyl groups excluding tert-OH is 1. The molecule has 0 saturated carbocycles. The van der Waals surface area contributed by atoms with Gasteiger partial charge in [-0.25, -0.2) is 0 Å². The molecule has 2 aromatic heterocycles. The van der Waals surface area contributed by atoms with Crippen molar-refractivity contribution in [1.29, 1.82) is 0 Å². The number of hydrogen-bond donors (Lipinski definition) is 1. The second-order valence-electron chi connectivity index (χ2n) is 3.15. The number of aliphatic hydroxyl groups is 1. The van der Waals surface area contributed by atoms with Gasteiger partial charge in [0.25, 0.3) is 0 Å². The minimum Gasteiger partial charge on any atom is -0.396 e. The summed E-state index contributed by atoms with van der Waals surface area (Å²) in [6.45, 7) is 0.233. The van der Waals surface area contributed by atoms with Crippen molar-refractivity contribution in [3.8, 4) is 11.4 Å². The zero-order valence-corrected chi connectivity index (χ0v) is 10.3. The Morgan fingerprint density at radius 3 is 3.19 bits per heavy atom. The summed E-state index contributed by atoms with van der Waals surface area (Å²) >= 11 is 3.30. The van der Waals surface area contributed by atoms with Crippen molar-refractivity contribution in [2.45, 2.75) is 12.2 Å². The van der Waals surface area contributed by atoms with Gasteiger partial charge < -0.3 is 9.63 Å². The van der Waals surface area contributed by atoms with E-state index in [1.807, 2.05) is 16.8 Å². The highest BCUT2D eigenvalue weighted by atomic mass is 32.2. The first-order valence-corrected chi connectivity index (χ1v) is 7.03. The highest BCUT2D eigenvalue weighted by Gasteiger charge is 2.08. The summed E-state index contributed by atoms with van der Waals surface area (Å²) in [6.07, 6.45) is 0.802. The lowest BCUT2D eigenvalue weighted by Gasteiger charge is -1.93. The number of rotatable bonds is 6. The van der Waals surface area contributed by atoms with Gasteiger partial charge in [-0.05, 0) is 23.6 Å². The van der Waals surface area contributed by atoms with Crippen molar-refractivity contribution < 1.29 is 9.63 Å². The van der Waals surface area contributed by atoms with E-state index in [0.717, 1.165) is 17.7 Å². The lowest BCUT2D eigenvalue weighted by Crippen LogP contribution is -1.87. The summed E-state index contributed by atoms with van der Waals surface area (Å²) in [5, 5.41) is 16.5. The molecule has 0 radical (unpaired) electrons. The molecule has 2 rings (SSSR count). The molecule has 2 aromatic rings. The first-order valence-electron chi connectivity index (χ1n) is 4.94. The van der Waals surface area contributed by atoms with Crippen LogP contribution < -0.4 is 0 Å². The van der Waals surface area contributed by atoms with Crippen LogP contribution in [0.2, 0.25) is 0 Å². The third-order valence-electron chi connectivity index (χ3n) is 1.92. The standard InChI is InChI=1S/C10H12N2O2S2/c13-3-1-4-15-7-9-11-10(12-14-9)8-2-5-16-6-8/h2,5-6,13H,1,3-4,7H2. The van der Waals surface area contributed by atoms with Crippen LogP contribution in [-0.2, 0) is 5.75 Å². The van der Waals surface area contributed by atoms with E-state index in [0.29, 0.717) is 17.5 Å². The average Bonchev–Trinajstić information content (AvgIpc) is 2.94. The van der Waals surface area contributed by atoms with Gasteiger partial charge in [0.1, 0.15) is 0 Å². The Morgan fingerprint density at radius 2 is 2.44 bits per heavy atom. The molecule has 0 spiro atoms. The number of nitrogens with zero attached hydrogens (tertiary/aromatic N) is 2. The number of hydrogen-bond acceptors (Lipinski definition) is 6. The molecule has 0 amide bonds. The molecule has 0 saturated heterocycles. The molecule has 0 aliphatic rings. The first kappa shape index (κ1) is 11.6. The first-order chi connectivity index (χ1) is 7.90. The van der Waals surface area contributed by atoms with Crippen LogP contribution in [0.25, 0.3) is 11.4 Å². The summed E-state index contributed by atoms with van der Waals surface area (Å²) in [7, 11) is 0. The van der Waals surface area contributed by atoms with Gasteiger partial charge in [0.15, 0.2) is 0 Å². The molecule has 0 aliphatic heterocycles. The summed E-state index contributed by atoms with van der Waals surface area (Å²) in [6, 6.07) is 1.97. The average molecular weight is 256 g/mol. The van der Waals surface area contributed by atoms with Gasteiger partial charge in [0.05, 0.1) is 5.75 Å². The molecule has 4 nitrogen and oxygen atoms in total. The van der Waals surface area contributed by atoms with Crippen LogP contribution in [0.1, 0.15) is 12.3 Å². The third kappa shape index (κ3) is 3.07. The van der Waals surface area contributed by atoms with Gasteiger partial charge in [-0.3, -0.25) is 0 Å². The van der Waals surface area contributed by atoms with Gasteiger partial charge >= 0.3 is 0 Å². The largest absolute Gasteiger partial charge is 0.396 e. The topological polar surface area (TPSA) is 59.2 Å². The maximum atomic E-state index is 8.63. The van der Waals surface area contributed by atoms with Crippen LogP contribution in [0, 0.1) is 0 Å². The Balaban J connectivity index is 1.88. The van der Waals surface area contributed by atoms with Crippen molar-refractivity contribution in [3.63, 3.8) is 0 Å². The zero-order valence-electron chi connectivity index (χ0n) is 8.63. The fraction of sp³-hybridized carbons (Fsp3) is 0.400. The van der Waals surface area contributed by atoms with Crippen molar-refractivity contribution in [3.05, 3.63) is 22.7 Å². The van der Waals surface area contributed by atoms with Gasteiger partial charge in [-0.1, -0.05) is 5.16 Å². The molecule has 86 valence electrons. The molecule has 16 heavy (non-hydrogen) atoms. The van der Waals surface area contributed by atoms with Gasteiger partial charge in [-0.15, -0.1) is 0 Å². The molecule has 0 fully saturated rings. The molecule has 2 heterocycles. The quantitative estimate of drug-likeness (QED) is 0.804. The van der Waals surface area contributed by atoms with Crippen LogP contribution in [-0.4, -0.2) is 27.6 Å². The fourth-order valence-corrected chi connectivity index (χ4v) is 2.55. The van der Waals surface area contributed by atoms with Gasteiger partial charge in [0, 0.05) is 17.6 Å². The van der Waals surface area contributed by atoms with Crippen LogP contribution in [0.5, 0.6) is 0 Å². The molecular weight excluding hydrogens is 244 g/mol. The third-order valence-corrected chi connectivity index (χ3v) is 3.63. The van der Waals surface area contributed by atoms with E-state index in [1.54, 1.807) is 23.1 Å². The summed E-state index contributed by atoms with van der Waals surface area (Å²) < 4.78 is 5.13. The van der Waals surface area contributed by atoms with Crippen LogP contribution in [0.4, 0.5) is 0 Å². The fourth-order valence-electron chi connectivity index (χ4n) is 1.15. The maximum absolute atomic E-state index is 8.63. The van der Waals surface area contributed by atoms with Crippen molar-refractivity contribution >= 4 is 23.1 Å². The number of thioether (sulfide) groups is 1. The Bertz CT molecular complexity index is 414. The van der Waals surface area contributed by atoms with Crippen molar-refractivity contribution in [1.82, 2.24) is 10.1 Å². The van der Waals surface area contributed by atoms with E-state index < -0.39 is 0 Å². The Hall–Kier alpha value is -0.850. The Morgan fingerprint density at radius 1 is 1.50 bits per heavy atom. The van der Waals surface area contributed by atoms with E-state index >= 15 is 0 Å². The number of aromatic nitrogens is 2. The number of thiophene rings is 1. The van der Waals surface area contributed by atoms with E-state index in [2.05, 4.69) is 10.1 Å². The van der Waals surface area contributed by atoms with Gasteiger partial charge in [-0.2, -0.15) is 28.1 Å². The lowest BCUT2D eigenvalue weighted by atomic mass is 10.3. The predicted molar refractivity (Wildman–Crippen MR) is 65.5 cm³/mol. The molecular formula is C10H12N2O2S2. The minimum absolute atomic E-state index is 0.233. The summed E-state index contributed by atoms with van der Waals surface area (Å²) in [5.41, 5.74) is 1.00. The molecule has 0 aliphatic carbocycles. The highest BCUT2D eigenvalue weighted by Crippen LogP contribution is 2.20. The second-order valence-corrected chi connectivity index (χ2v) is 5.04. The van der Waals surface area contributed by atoms with Gasteiger partial charge in [0.2, 0.25) is 11.7 Å². The smallest absolute Gasteiger partial charge is 0.236 e. The Kier molecular flexibility index (Phi) is 4.38. The van der Waals surface area contributed by atoms with E-state index in [9.17, 15) is 0 Å². The molecule has 0 aromatic carbocycles. The molecule has 6 heteroatoms. The van der Waals surface area contributed by atoms with Crippen molar-refractivity contribution in [2.24, 2.45) is 0 Å². The Labute approximate surface area is 102 Å². The minimum atomic E-state index is 0.233. The molecule has 0 atom stereocenters. The molecule has 1 N–H and O–H groups in total. The van der Waals surface area contributed by atoms with Crippen molar-refractivity contribution in [2.75, 3.05) is 12.4 Å². The van der Waals surface area contributed by atoms with E-state index in [4.69, 9.17) is 9.63 Å². The predicted octanol–water partition coefficient (Wildman–Crippen LogP) is 2.41. The monoisotopic (exact) mass is 256 g/mol. The highest BCUT2D eigenvalue weighted by molar-refractivity contribution is 7.98. The maximum Gasteiger partial charge on any atom is 0.236 e. The van der Waals surface area contributed by atoms with E-state index in [-0.39, 0.29) is 6.61 Å². The second kappa shape index (κ2) is 6.03. The molecule has 0 unspecified atom stereocenters. The van der Waals surface area contributed by atoms with Crippen LogP contribution in [0.15, 0.2) is 21.3 Å². The summed E-state index contributed by atoms with van der Waals surface area (Å²) in [4.78, 5) is 4.30. The zero-order chi connectivity index (χ0) is 11.2. The summed E-state index contributed by atoms with van der Waals surface area (Å²) in [5.74, 6) is 2.91.